The van der Waals surface area contributed by atoms with E-state index in [1.807, 2.05) is 19.3 Å². The molecule has 114 valence electrons. The fraction of sp³-hybridized carbons (Fsp3) is 0.600. The fourth-order valence-electron chi connectivity index (χ4n) is 2.93. The molecule has 0 aliphatic heterocycles. The van der Waals surface area contributed by atoms with Crippen LogP contribution in [0.25, 0.3) is 0 Å². The van der Waals surface area contributed by atoms with Crippen LogP contribution in [0.15, 0.2) is 18.6 Å². The average Bonchev–Trinajstić information content (AvgIpc) is 3.17. The molecule has 0 saturated heterocycles. The molecule has 6 heteroatoms. The lowest BCUT2D eigenvalue weighted by molar-refractivity contribution is 0.426. The molecule has 0 aromatic carbocycles. The Balaban J connectivity index is 1.59. The topological polar surface area (TPSA) is 47.7 Å². The molecule has 5 nitrogen and oxygen atoms in total. The highest BCUT2D eigenvalue weighted by molar-refractivity contribution is 5.45. The van der Waals surface area contributed by atoms with Crippen molar-refractivity contribution in [3.05, 3.63) is 29.8 Å². The van der Waals surface area contributed by atoms with Crippen molar-refractivity contribution < 1.29 is 4.39 Å². The van der Waals surface area contributed by atoms with E-state index in [4.69, 9.17) is 0 Å². The third kappa shape index (κ3) is 3.25. The summed E-state index contributed by atoms with van der Waals surface area (Å²) in [6.45, 7) is 2.56. The molecule has 2 aromatic heterocycles. The number of hydrogen-bond donors (Lipinski definition) is 1. The van der Waals surface area contributed by atoms with Crippen LogP contribution in [-0.2, 0) is 13.1 Å². The predicted molar refractivity (Wildman–Crippen MR) is 80.0 cm³/mol. The highest BCUT2D eigenvalue weighted by atomic mass is 19.1. The Morgan fingerprint density at radius 2 is 2.14 bits per heavy atom. The van der Waals surface area contributed by atoms with Gasteiger partial charge in [-0.2, -0.15) is 10.2 Å². The van der Waals surface area contributed by atoms with Crippen LogP contribution in [0.3, 0.4) is 0 Å². The summed E-state index contributed by atoms with van der Waals surface area (Å²) in [6, 6.07) is 0.577. The first-order chi connectivity index (χ1) is 10.3. The van der Waals surface area contributed by atoms with Crippen LogP contribution in [0.2, 0.25) is 0 Å². The molecule has 1 fully saturated rings. The van der Waals surface area contributed by atoms with Crippen molar-refractivity contribution >= 4 is 5.69 Å². The van der Waals surface area contributed by atoms with Crippen molar-refractivity contribution in [2.45, 2.75) is 51.7 Å². The molecular weight excluding hydrogens is 269 g/mol. The predicted octanol–water partition coefficient (Wildman–Crippen LogP) is 3.08. The molecule has 2 aromatic rings. The van der Waals surface area contributed by atoms with E-state index in [9.17, 15) is 4.39 Å². The summed E-state index contributed by atoms with van der Waals surface area (Å²) in [6.07, 6.45) is 11.0. The van der Waals surface area contributed by atoms with Gasteiger partial charge in [-0.3, -0.25) is 9.36 Å². The minimum absolute atomic E-state index is 0.308. The van der Waals surface area contributed by atoms with E-state index in [1.54, 1.807) is 4.68 Å². The summed E-state index contributed by atoms with van der Waals surface area (Å²) < 4.78 is 16.1. The number of hydrogen-bond acceptors (Lipinski definition) is 3. The first-order valence-electron chi connectivity index (χ1n) is 7.63. The third-order valence-corrected chi connectivity index (χ3v) is 4.10. The van der Waals surface area contributed by atoms with E-state index in [0.29, 0.717) is 12.6 Å². The molecule has 0 unspecified atom stereocenters. The van der Waals surface area contributed by atoms with Gasteiger partial charge in [-0.15, -0.1) is 0 Å². The lowest BCUT2D eigenvalue weighted by Gasteiger charge is -2.08. The number of nitrogens with zero attached hydrogens (tertiary/aromatic N) is 4. The lowest BCUT2D eigenvalue weighted by atomic mass is 10.2. The van der Waals surface area contributed by atoms with Crippen molar-refractivity contribution in [3.63, 3.8) is 0 Å². The lowest BCUT2D eigenvalue weighted by Crippen LogP contribution is -2.04. The first kappa shape index (κ1) is 14.1. The van der Waals surface area contributed by atoms with Crippen LogP contribution in [0.4, 0.5) is 10.1 Å². The SMILES string of the molecule is Cc1nn(CCF)cc1NCc1cnn(C2CCCC2)c1. The van der Waals surface area contributed by atoms with Gasteiger partial charge >= 0.3 is 0 Å². The first-order valence-corrected chi connectivity index (χ1v) is 7.63. The van der Waals surface area contributed by atoms with Crippen LogP contribution in [0.5, 0.6) is 0 Å². The molecule has 1 aliphatic rings. The molecule has 1 aliphatic carbocycles. The van der Waals surface area contributed by atoms with E-state index in [1.165, 1.54) is 31.2 Å². The zero-order valence-corrected chi connectivity index (χ0v) is 12.4. The standard InChI is InChI=1S/C15H22FN5/c1-12-15(11-20(19-12)7-6-16)17-8-13-9-18-21(10-13)14-4-2-3-5-14/h9-11,14,17H,2-8H2,1H3. The van der Waals surface area contributed by atoms with Crippen LogP contribution in [0, 0.1) is 6.92 Å². The van der Waals surface area contributed by atoms with Gasteiger partial charge in [-0.05, 0) is 19.8 Å². The molecule has 0 atom stereocenters. The smallest absolute Gasteiger partial charge is 0.109 e. The molecule has 0 amide bonds. The van der Waals surface area contributed by atoms with Gasteiger partial charge < -0.3 is 5.32 Å². The molecule has 1 N–H and O–H groups in total. The maximum absolute atomic E-state index is 12.3. The van der Waals surface area contributed by atoms with Crippen LogP contribution < -0.4 is 5.32 Å². The average molecular weight is 291 g/mol. The minimum Gasteiger partial charge on any atom is -0.378 e. The van der Waals surface area contributed by atoms with Crippen molar-refractivity contribution in [1.29, 1.82) is 0 Å². The summed E-state index contributed by atoms with van der Waals surface area (Å²) in [4.78, 5) is 0. The maximum Gasteiger partial charge on any atom is 0.109 e. The third-order valence-electron chi connectivity index (χ3n) is 4.10. The van der Waals surface area contributed by atoms with E-state index in [0.717, 1.165) is 17.9 Å². The van der Waals surface area contributed by atoms with Gasteiger partial charge in [0, 0.05) is 24.5 Å². The molecule has 0 spiro atoms. The Morgan fingerprint density at radius 3 is 2.90 bits per heavy atom. The number of halogens is 1. The van der Waals surface area contributed by atoms with Crippen molar-refractivity contribution in [3.8, 4) is 0 Å². The molecule has 0 radical (unpaired) electrons. The zero-order chi connectivity index (χ0) is 14.7. The summed E-state index contributed by atoms with van der Waals surface area (Å²) in [5.41, 5.74) is 3.02. The second kappa shape index (κ2) is 6.28. The number of aryl methyl sites for hydroxylation is 2. The Morgan fingerprint density at radius 1 is 1.33 bits per heavy atom. The van der Waals surface area contributed by atoms with Crippen LogP contribution in [-0.4, -0.2) is 26.2 Å². The molecule has 2 heterocycles. The highest BCUT2D eigenvalue weighted by Gasteiger charge is 2.17. The molecule has 0 bridgehead atoms. The van der Waals surface area contributed by atoms with Crippen molar-refractivity contribution in [1.82, 2.24) is 19.6 Å². The summed E-state index contributed by atoms with van der Waals surface area (Å²) in [5.74, 6) is 0. The Hall–Kier alpha value is -1.85. The molecule has 3 rings (SSSR count). The highest BCUT2D eigenvalue weighted by Crippen LogP contribution is 2.28. The number of rotatable bonds is 6. The van der Waals surface area contributed by atoms with Gasteiger partial charge in [0.15, 0.2) is 0 Å². The van der Waals surface area contributed by atoms with Gasteiger partial charge in [-0.25, -0.2) is 4.39 Å². The van der Waals surface area contributed by atoms with Gasteiger partial charge in [0.05, 0.1) is 30.2 Å². The molecule has 1 saturated carbocycles. The van der Waals surface area contributed by atoms with Crippen LogP contribution in [0.1, 0.15) is 43.0 Å². The Labute approximate surface area is 124 Å². The van der Waals surface area contributed by atoms with Crippen LogP contribution >= 0.6 is 0 Å². The summed E-state index contributed by atoms with van der Waals surface area (Å²) in [5, 5.41) is 12.1. The van der Waals surface area contributed by atoms with Crippen molar-refractivity contribution in [2.24, 2.45) is 0 Å². The van der Waals surface area contributed by atoms with E-state index in [-0.39, 0.29) is 0 Å². The van der Waals surface area contributed by atoms with Gasteiger partial charge in [-0.1, -0.05) is 12.8 Å². The van der Waals surface area contributed by atoms with Gasteiger partial charge in [0.1, 0.15) is 6.67 Å². The minimum atomic E-state index is -0.394. The largest absolute Gasteiger partial charge is 0.378 e. The maximum atomic E-state index is 12.3. The van der Waals surface area contributed by atoms with Gasteiger partial charge in [0.2, 0.25) is 0 Å². The Kier molecular flexibility index (Phi) is 4.22. The number of alkyl halides is 1. The van der Waals surface area contributed by atoms with E-state index in [2.05, 4.69) is 26.4 Å². The summed E-state index contributed by atoms with van der Waals surface area (Å²) in [7, 11) is 0. The quantitative estimate of drug-likeness (QED) is 0.889. The normalized spacial score (nSPS) is 15.7. The second-order valence-corrected chi connectivity index (χ2v) is 5.70. The monoisotopic (exact) mass is 291 g/mol. The fourth-order valence-corrected chi connectivity index (χ4v) is 2.93. The summed E-state index contributed by atoms with van der Waals surface area (Å²) >= 11 is 0. The Bertz CT molecular complexity index is 583. The van der Waals surface area contributed by atoms with Gasteiger partial charge in [0.25, 0.3) is 0 Å². The van der Waals surface area contributed by atoms with E-state index < -0.39 is 6.67 Å². The second-order valence-electron chi connectivity index (χ2n) is 5.70. The zero-order valence-electron chi connectivity index (χ0n) is 12.4. The van der Waals surface area contributed by atoms with Crippen molar-refractivity contribution in [2.75, 3.05) is 12.0 Å². The number of anilines is 1. The van der Waals surface area contributed by atoms with E-state index >= 15 is 0 Å². The number of aromatic nitrogens is 4. The molecular formula is C15H22FN5. The molecule has 21 heavy (non-hydrogen) atoms. The number of nitrogens with one attached hydrogen (secondary N) is 1.